The first-order chi connectivity index (χ1) is 8.79. The van der Waals surface area contributed by atoms with Crippen LogP contribution in [0.4, 0.5) is 0 Å². The van der Waals surface area contributed by atoms with Gasteiger partial charge in [0.1, 0.15) is 18.6 Å². The number of ether oxygens (including phenoxy) is 1. The minimum absolute atomic E-state index is 0.363. The van der Waals surface area contributed by atoms with E-state index < -0.39 is 0 Å². The summed E-state index contributed by atoms with van der Waals surface area (Å²) >= 11 is 0. The molecule has 4 heteroatoms. The molecule has 0 fully saturated rings. The molecule has 18 heavy (non-hydrogen) atoms. The largest absolute Gasteiger partial charge is 0.489 e. The van der Waals surface area contributed by atoms with Crippen molar-refractivity contribution in [1.82, 2.24) is 10.5 Å². The van der Waals surface area contributed by atoms with Gasteiger partial charge in [-0.25, -0.2) is 0 Å². The molecule has 0 aliphatic rings. The third-order valence-corrected chi connectivity index (χ3v) is 2.78. The monoisotopic (exact) mass is 246 g/mol. The summed E-state index contributed by atoms with van der Waals surface area (Å²) in [5.41, 5.74) is 2.19. The maximum absolute atomic E-state index is 5.62. The van der Waals surface area contributed by atoms with Gasteiger partial charge in [0.25, 0.3) is 0 Å². The van der Waals surface area contributed by atoms with Gasteiger partial charge in [-0.2, -0.15) is 0 Å². The van der Waals surface area contributed by atoms with Gasteiger partial charge in [0.15, 0.2) is 0 Å². The van der Waals surface area contributed by atoms with Crippen molar-refractivity contribution >= 4 is 0 Å². The highest BCUT2D eigenvalue weighted by atomic mass is 16.5. The van der Waals surface area contributed by atoms with Crippen LogP contribution in [0.2, 0.25) is 0 Å². The molecule has 1 unspecified atom stereocenters. The molecule has 0 bridgehead atoms. The van der Waals surface area contributed by atoms with Gasteiger partial charge in [-0.15, -0.1) is 0 Å². The minimum atomic E-state index is 0.363. The molecule has 1 heterocycles. The minimum Gasteiger partial charge on any atom is -0.489 e. The van der Waals surface area contributed by atoms with E-state index in [1.165, 1.54) is 5.56 Å². The Bertz CT molecular complexity index is 451. The Morgan fingerprint density at radius 3 is 2.72 bits per heavy atom. The summed E-state index contributed by atoms with van der Waals surface area (Å²) in [4.78, 5) is 0. The zero-order valence-electron chi connectivity index (χ0n) is 10.7. The average molecular weight is 246 g/mol. The molecule has 1 atom stereocenters. The molecule has 0 aliphatic carbocycles. The summed E-state index contributed by atoms with van der Waals surface area (Å²) in [6.45, 7) is 5.70. The lowest BCUT2D eigenvalue weighted by molar-refractivity contribution is 0.304. The maximum Gasteiger partial charge on any atom is 0.130 e. The fraction of sp³-hybridized carbons (Fsp3) is 0.357. The van der Waals surface area contributed by atoms with Crippen LogP contribution in [0.5, 0.6) is 5.75 Å². The van der Waals surface area contributed by atoms with Crippen molar-refractivity contribution < 1.29 is 9.26 Å². The molecule has 0 aliphatic heterocycles. The number of nitrogens with zero attached hydrogens (tertiary/aromatic N) is 1. The van der Waals surface area contributed by atoms with Crippen LogP contribution in [0, 0.1) is 0 Å². The van der Waals surface area contributed by atoms with Crippen LogP contribution in [-0.2, 0) is 6.61 Å². The molecule has 1 aromatic heterocycles. The van der Waals surface area contributed by atoms with Crippen LogP contribution in [-0.4, -0.2) is 11.7 Å². The first kappa shape index (κ1) is 12.6. The van der Waals surface area contributed by atoms with Gasteiger partial charge in [-0.3, -0.25) is 0 Å². The number of hydrogen-bond acceptors (Lipinski definition) is 4. The summed E-state index contributed by atoms with van der Waals surface area (Å²) in [5.74, 6) is 0.851. The second kappa shape index (κ2) is 6.21. The predicted molar refractivity (Wildman–Crippen MR) is 69.4 cm³/mol. The Morgan fingerprint density at radius 2 is 2.11 bits per heavy atom. The van der Waals surface area contributed by atoms with Crippen LogP contribution >= 0.6 is 0 Å². The van der Waals surface area contributed by atoms with Crippen LogP contribution in [0.25, 0.3) is 0 Å². The van der Waals surface area contributed by atoms with E-state index in [0.717, 1.165) is 17.9 Å². The van der Waals surface area contributed by atoms with Gasteiger partial charge in [0.05, 0.1) is 6.20 Å². The number of benzene rings is 1. The normalized spacial score (nSPS) is 12.3. The highest BCUT2D eigenvalue weighted by Crippen LogP contribution is 2.18. The van der Waals surface area contributed by atoms with Gasteiger partial charge in [-0.1, -0.05) is 24.2 Å². The molecule has 1 N–H and O–H groups in total. The number of rotatable bonds is 6. The predicted octanol–water partition coefficient (Wildman–Crippen LogP) is 2.92. The van der Waals surface area contributed by atoms with E-state index >= 15 is 0 Å². The number of hydrogen-bond donors (Lipinski definition) is 1. The van der Waals surface area contributed by atoms with Crippen LogP contribution in [0.1, 0.15) is 31.0 Å². The van der Waals surface area contributed by atoms with Crippen LogP contribution < -0.4 is 10.1 Å². The highest BCUT2D eigenvalue weighted by Gasteiger charge is 2.03. The van der Waals surface area contributed by atoms with Crippen molar-refractivity contribution in [3.05, 3.63) is 47.9 Å². The second-order valence-electron chi connectivity index (χ2n) is 4.17. The summed E-state index contributed by atoms with van der Waals surface area (Å²) in [7, 11) is 0. The molecule has 0 saturated carbocycles. The van der Waals surface area contributed by atoms with Gasteiger partial charge in [0.2, 0.25) is 0 Å². The number of nitrogens with one attached hydrogen (secondary N) is 1. The lowest BCUT2D eigenvalue weighted by atomic mass is 10.1. The van der Waals surface area contributed by atoms with Crippen LogP contribution in [0.3, 0.4) is 0 Å². The van der Waals surface area contributed by atoms with E-state index in [0.29, 0.717) is 12.6 Å². The topological polar surface area (TPSA) is 47.3 Å². The second-order valence-corrected chi connectivity index (χ2v) is 4.17. The molecule has 0 spiro atoms. The Labute approximate surface area is 107 Å². The molecular formula is C14H18N2O2. The Kier molecular flexibility index (Phi) is 4.36. The van der Waals surface area contributed by atoms with Crippen molar-refractivity contribution in [2.24, 2.45) is 0 Å². The van der Waals surface area contributed by atoms with Gasteiger partial charge < -0.3 is 14.6 Å². The van der Waals surface area contributed by atoms with Gasteiger partial charge in [-0.05, 0) is 31.2 Å². The Morgan fingerprint density at radius 1 is 1.33 bits per heavy atom. The van der Waals surface area contributed by atoms with E-state index in [4.69, 9.17) is 9.26 Å². The quantitative estimate of drug-likeness (QED) is 0.851. The van der Waals surface area contributed by atoms with Crippen molar-refractivity contribution in [3.63, 3.8) is 0 Å². The molecule has 2 aromatic rings. The molecule has 96 valence electrons. The number of aromatic nitrogens is 1. The van der Waals surface area contributed by atoms with Gasteiger partial charge >= 0.3 is 0 Å². The zero-order valence-corrected chi connectivity index (χ0v) is 10.7. The Balaban J connectivity index is 1.91. The van der Waals surface area contributed by atoms with E-state index in [1.807, 2.05) is 12.1 Å². The Hall–Kier alpha value is -1.81. The average Bonchev–Trinajstić information content (AvgIpc) is 2.90. The first-order valence-corrected chi connectivity index (χ1v) is 6.14. The SMILES string of the molecule is CCNC(C)c1ccc(OCc2cnoc2)cc1. The standard InChI is InChI=1S/C14H18N2O2/c1-3-15-11(2)13-4-6-14(7-5-13)17-9-12-8-16-18-10-12/h4-8,10-11,15H,3,9H2,1-2H3. The molecular weight excluding hydrogens is 228 g/mol. The van der Waals surface area contributed by atoms with E-state index in [9.17, 15) is 0 Å². The summed E-state index contributed by atoms with van der Waals surface area (Å²) < 4.78 is 10.4. The molecule has 2 rings (SSSR count). The smallest absolute Gasteiger partial charge is 0.130 e. The maximum atomic E-state index is 5.62. The van der Waals surface area contributed by atoms with Crippen LogP contribution in [0.15, 0.2) is 41.2 Å². The highest BCUT2D eigenvalue weighted by molar-refractivity contribution is 5.29. The molecule has 0 saturated heterocycles. The van der Waals surface area contributed by atoms with E-state index in [1.54, 1.807) is 12.5 Å². The van der Waals surface area contributed by atoms with Crippen molar-refractivity contribution in [2.75, 3.05) is 6.54 Å². The van der Waals surface area contributed by atoms with Crippen molar-refractivity contribution in [2.45, 2.75) is 26.5 Å². The third kappa shape index (κ3) is 3.34. The summed E-state index contributed by atoms with van der Waals surface area (Å²) in [5, 5.41) is 7.00. The molecule has 4 nitrogen and oxygen atoms in total. The van der Waals surface area contributed by atoms with Gasteiger partial charge in [0, 0.05) is 11.6 Å². The molecule has 0 amide bonds. The fourth-order valence-corrected chi connectivity index (χ4v) is 1.74. The lowest BCUT2D eigenvalue weighted by Gasteiger charge is -2.13. The molecule has 0 radical (unpaired) electrons. The van der Waals surface area contributed by atoms with E-state index in [-0.39, 0.29) is 0 Å². The molecule has 1 aromatic carbocycles. The van der Waals surface area contributed by atoms with Crippen molar-refractivity contribution in [3.8, 4) is 5.75 Å². The summed E-state index contributed by atoms with van der Waals surface area (Å²) in [6.07, 6.45) is 3.24. The third-order valence-electron chi connectivity index (χ3n) is 2.78. The summed E-state index contributed by atoms with van der Waals surface area (Å²) in [6, 6.07) is 8.49. The van der Waals surface area contributed by atoms with E-state index in [2.05, 4.69) is 36.5 Å². The van der Waals surface area contributed by atoms with Crippen molar-refractivity contribution in [1.29, 1.82) is 0 Å². The fourth-order valence-electron chi connectivity index (χ4n) is 1.74. The first-order valence-electron chi connectivity index (χ1n) is 6.14. The lowest BCUT2D eigenvalue weighted by Crippen LogP contribution is -2.17. The zero-order chi connectivity index (χ0) is 12.8.